The lowest BCUT2D eigenvalue weighted by molar-refractivity contribution is -0.119. The predicted octanol–water partition coefficient (Wildman–Crippen LogP) is 4.13. The van der Waals surface area contributed by atoms with E-state index in [0.717, 1.165) is 10.6 Å². The molecular weight excluding hydrogens is 501 g/mol. The van der Waals surface area contributed by atoms with Crippen molar-refractivity contribution in [2.24, 2.45) is 5.10 Å². The molecule has 0 radical (unpaired) electrons. The van der Waals surface area contributed by atoms with Crippen LogP contribution in [0.1, 0.15) is 15.9 Å². The van der Waals surface area contributed by atoms with Crippen molar-refractivity contribution in [2.45, 2.75) is 0 Å². The number of benzene rings is 3. The molecule has 1 amide bonds. The molecule has 0 aliphatic heterocycles. The molecule has 0 saturated carbocycles. The number of esters is 1. The van der Waals surface area contributed by atoms with Gasteiger partial charge in [-0.1, -0.05) is 41.4 Å². The van der Waals surface area contributed by atoms with Crippen LogP contribution in [0.4, 0.5) is 5.69 Å². The Labute approximate surface area is 206 Å². The minimum absolute atomic E-state index is 0.0800. The average Bonchev–Trinajstić information content (AvgIpc) is 2.80. The molecule has 3 aromatic rings. The van der Waals surface area contributed by atoms with Gasteiger partial charge in [-0.25, -0.2) is 18.6 Å². The van der Waals surface area contributed by atoms with Crippen LogP contribution in [-0.4, -0.2) is 39.3 Å². The first-order chi connectivity index (χ1) is 16.1. The van der Waals surface area contributed by atoms with Crippen molar-refractivity contribution in [2.75, 3.05) is 17.1 Å². The minimum Gasteiger partial charge on any atom is -0.423 e. The maximum atomic E-state index is 12.3. The number of ether oxygens (including phenoxy) is 1. The molecule has 0 aromatic heterocycles. The molecule has 3 aromatic carbocycles. The number of hydrogen-bond donors (Lipinski definition) is 1. The normalized spacial score (nSPS) is 11.3. The smallest absolute Gasteiger partial charge is 0.343 e. The molecule has 0 aliphatic carbocycles. The summed E-state index contributed by atoms with van der Waals surface area (Å²) in [6.07, 6.45) is 2.31. The highest BCUT2D eigenvalue weighted by Crippen LogP contribution is 2.30. The van der Waals surface area contributed by atoms with E-state index in [1.807, 2.05) is 0 Å². The van der Waals surface area contributed by atoms with E-state index >= 15 is 0 Å². The van der Waals surface area contributed by atoms with Crippen LogP contribution >= 0.6 is 23.2 Å². The average molecular weight is 520 g/mol. The van der Waals surface area contributed by atoms with Crippen LogP contribution in [0.25, 0.3) is 0 Å². The SMILES string of the molecule is CS(=O)(=O)N(CC(=O)N/N=C\c1ccc(OC(=O)c2ccccc2)cc1)c1cc(Cl)ccc1Cl. The van der Waals surface area contributed by atoms with E-state index in [1.54, 1.807) is 54.6 Å². The topological polar surface area (TPSA) is 105 Å². The van der Waals surface area contributed by atoms with Crippen LogP contribution in [0, 0.1) is 0 Å². The molecule has 0 saturated heterocycles. The molecule has 11 heteroatoms. The van der Waals surface area contributed by atoms with E-state index < -0.39 is 28.4 Å². The number of amides is 1. The zero-order valence-corrected chi connectivity index (χ0v) is 20.1. The maximum absolute atomic E-state index is 12.3. The van der Waals surface area contributed by atoms with E-state index in [-0.39, 0.29) is 15.7 Å². The fourth-order valence-corrected chi connectivity index (χ4v) is 4.06. The Kier molecular flexibility index (Phi) is 8.27. The van der Waals surface area contributed by atoms with Crippen molar-refractivity contribution in [3.63, 3.8) is 0 Å². The van der Waals surface area contributed by atoms with Crippen molar-refractivity contribution in [3.8, 4) is 5.75 Å². The van der Waals surface area contributed by atoms with Crippen LogP contribution in [0.15, 0.2) is 77.9 Å². The van der Waals surface area contributed by atoms with Gasteiger partial charge in [0, 0.05) is 5.02 Å². The highest BCUT2D eigenvalue weighted by molar-refractivity contribution is 7.92. The van der Waals surface area contributed by atoms with Gasteiger partial charge in [0.05, 0.1) is 28.7 Å². The number of carbonyl (C=O) groups is 2. The van der Waals surface area contributed by atoms with E-state index in [0.29, 0.717) is 16.9 Å². The Morgan fingerprint density at radius 3 is 2.35 bits per heavy atom. The zero-order chi connectivity index (χ0) is 24.7. The second-order valence-electron chi connectivity index (χ2n) is 6.98. The molecule has 0 unspecified atom stereocenters. The van der Waals surface area contributed by atoms with Crippen LogP contribution in [0.2, 0.25) is 10.0 Å². The van der Waals surface area contributed by atoms with Crippen molar-refractivity contribution in [1.29, 1.82) is 0 Å². The van der Waals surface area contributed by atoms with Gasteiger partial charge < -0.3 is 4.74 Å². The van der Waals surface area contributed by atoms with Gasteiger partial charge in [0.15, 0.2) is 0 Å². The number of anilines is 1. The molecule has 0 heterocycles. The van der Waals surface area contributed by atoms with Crippen LogP contribution in [0.5, 0.6) is 5.75 Å². The van der Waals surface area contributed by atoms with Gasteiger partial charge in [-0.05, 0) is 60.2 Å². The molecule has 0 fully saturated rings. The summed E-state index contributed by atoms with van der Waals surface area (Å²) in [5.41, 5.74) is 3.39. The Morgan fingerprint density at radius 2 is 1.71 bits per heavy atom. The summed E-state index contributed by atoms with van der Waals surface area (Å²) in [4.78, 5) is 24.4. The Morgan fingerprint density at radius 1 is 1.03 bits per heavy atom. The van der Waals surface area contributed by atoms with Crippen LogP contribution in [0.3, 0.4) is 0 Å². The zero-order valence-electron chi connectivity index (χ0n) is 17.8. The molecule has 0 spiro atoms. The number of carbonyl (C=O) groups excluding carboxylic acids is 2. The quantitative estimate of drug-likeness (QED) is 0.208. The van der Waals surface area contributed by atoms with Gasteiger partial charge in [-0.3, -0.25) is 9.10 Å². The molecule has 1 N–H and O–H groups in total. The number of rotatable bonds is 8. The van der Waals surface area contributed by atoms with Gasteiger partial charge in [0.1, 0.15) is 12.3 Å². The van der Waals surface area contributed by atoms with Crippen molar-refractivity contribution >= 4 is 57.0 Å². The summed E-state index contributed by atoms with van der Waals surface area (Å²) in [5, 5.41) is 4.23. The summed E-state index contributed by atoms with van der Waals surface area (Å²) in [6.45, 7) is -0.551. The first-order valence-electron chi connectivity index (χ1n) is 9.75. The Bertz CT molecular complexity index is 1310. The lowest BCUT2D eigenvalue weighted by Gasteiger charge is -2.22. The molecule has 0 atom stereocenters. The second kappa shape index (κ2) is 11.1. The fraction of sp³-hybridized carbons (Fsp3) is 0.0870. The maximum Gasteiger partial charge on any atom is 0.343 e. The summed E-state index contributed by atoms with van der Waals surface area (Å²) in [7, 11) is -3.83. The predicted molar refractivity (Wildman–Crippen MR) is 132 cm³/mol. The second-order valence-corrected chi connectivity index (χ2v) is 9.73. The summed E-state index contributed by atoms with van der Waals surface area (Å²) < 4.78 is 30.5. The van der Waals surface area contributed by atoms with E-state index in [9.17, 15) is 18.0 Å². The number of sulfonamides is 1. The minimum atomic E-state index is -3.83. The molecule has 176 valence electrons. The standard InChI is InChI=1S/C23H19Cl2N3O5S/c1-34(31,32)28(21-13-18(24)9-12-20(21)25)15-22(29)27-26-14-16-7-10-19(11-8-16)33-23(30)17-5-3-2-4-6-17/h2-14H,15H2,1H3,(H,27,29)/b26-14-. The molecule has 3 rings (SSSR count). The van der Waals surface area contributed by atoms with E-state index in [2.05, 4.69) is 10.5 Å². The number of nitrogens with one attached hydrogen (secondary N) is 1. The summed E-state index contributed by atoms with van der Waals surface area (Å²) in [6, 6.07) is 19.3. The van der Waals surface area contributed by atoms with Crippen molar-refractivity contribution < 1.29 is 22.7 Å². The summed E-state index contributed by atoms with van der Waals surface area (Å²) >= 11 is 12.0. The first kappa shape index (κ1) is 25.2. The number of hydrogen-bond acceptors (Lipinski definition) is 6. The van der Waals surface area contributed by atoms with Crippen molar-refractivity contribution in [3.05, 3.63) is 94.0 Å². The Balaban J connectivity index is 1.60. The molecule has 0 aliphatic rings. The highest BCUT2D eigenvalue weighted by atomic mass is 35.5. The lowest BCUT2D eigenvalue weighted by Crippen LogP contribution is -2.39. The molecule has 0 bridgehead atoms. The van der Waals surface area contributed by atoms with Crippen LogP contribution in [-0.2, 0) is 14.8 Å². The third-order valence-corrected chi connectivity index (χ3v) is 6.05. The largest absolute Gasteiger partial charge is 0.423 e. The van der Waals surface area contributed by atoms with Gasteiger partial charge in [-0.2, -0.15) is 5.10 Å². The molecule has 8 nitrogen and oxygen atoms in total. The monoisotopic (exact) mass is 519 g/mol. The number of nitrogens with zero attached hydrogens (tertiary/aromatic N) is 2. The highest BCUT2D eigenvalue weighted by Gasteiger charge is 2.23. The summed E-state index contributed by atoms with van der Waals surface area (Å²) in [5.74, 6) is -0.826. The third-order valence-electron chi connectivity index (χ3n) is 4.37. The third kappa shape index (κ3) is 7.05. The molecular formula is C23H19Cl2N3O5S. The van der Waals surface area contributed by atoms with Gasteiger partial charge in [0.2, 0.25) is 10.0 Å². The van der Waals surface area contributed by atoms with Crippen LogP contribution < -0.4 is 14.5 Å². The first-order valence-corrected chi connectivity index (χ1v) is 12.4. The van der Waals surface area contributed by atoms with Gasteiger partial charge in [-0.15, -0.1) is 0 Å². The fourth-order valence-electron chi connectivity index (χ4n) is 2.76. The number of hydrazone groups is 1. The van der Waals surface area contributed by atoms with Gasteiger partial charge in [0.25, 0.3) is 5.91 Å². The van der Waals surface area contributed by atoms with Crippen molar-refractivity contribution in [1.82, 2.24) is 5.43 Å². The van der Waals surface area contributed by atoms with Gasteiger partial charge >= 0.3 is 5.97 Å². The Hall–Kier alpha value is -3.40. The number of halogens is 2. The van der Waals surface area contributed by atoms with E-state index in [1.165, 1.54) is 24.4 Å². The van der Waals surface area contributed by atoms with E-state index in [4.69, 9.17) is 27.9 Å². The lowest BCUT2D eigenvalue weighted by atomic mass is 10.2. The molecule has 34 heavy (non-hydrogen) atoms.